The van der Waals surface area contributed by atoms with E-state index >= 15 is 0 Å². The van der Waals surface area contributed by atoms with Crippen LogP contribution in [0.2, 0.25) is 0 Å². The van der Waals surface area contributed by atoms with Gasteiger partial charge in [0.2, 0.25) is 0 Å². The summed E-state index contributed by atoms with van der Waals surface area (Å²) in [5.74, 6) is 0. The lowest BCUT2D eigenvalue weighted by Gasteiger charge is -1.94. The zero-order chi connectivity index (χ0) is 14.8. The number of nitrogens with zero attached hydrogens (tertiary/aromatic N) is 3. The number of nitro groups is 1. The highest BCUT2D eigenvalue weighted by molar-refractivity contribution is 6.00. The molecule has 0 aliphatic rings. The van der Waals surface area contributed by atoms with Crippen LogP contribution in [0.1, 0.15) is 5.56 Å². The lowest BCUT2D eigenvalue weighted by atomic mass is 10.2. The molecule has 2 aromatic carbocycles. The van der Waals surface area contributed by atoms with Crippen LogP contribution in [0.25, 0.3) is 10.9 Å². The third-order valence-corrected chi connectivity index (χ3v) is 3.32. The fourth-order valence-corrected chi connectivity index (χ4v) is 2.31. The van der Waals surface area contributed by atoms with Crippen LogP contribution in [0.5, 0.6) is 0 Å². The number of aromatic nitrogens is 1. The summed E-state index contributed by atoms with van der Waals surface area (Å²) < 4.78 is 2.03. The number of rotatable bonds is 3. The highest BCUT2D eigenvalue weighted by Crippen LogP contribution is 2.22. The van der Waals surface area contributed by atoms with Crippen LogP contribution in [-0.2, 0) is 7.05 Å². The minimum Gasteiger partial charge on any atom is -0.350 e. The molecule has 0 unspecified atom stereocenters. The highest BCUT2D eigenvalue weighted by atomic mass is 16.6. The van der Waals surface area contributed by atoms with Crippen molar-refractivity contribution in [1.29, 1.82) is 0 Å². The number of fused-ring (bicyclic) bond motifs is 1. The van der Waals surface area contributed by atoms with E-state index in [1.807, 2.05) is 42.1 Å². The molecule has 1 aromatic heterocycles. The summed E-state index contributed by atoms with van der Waals surface area (Å²) in [4.78, 5) is 14.7. The summed E-state index contributed by atoms with van der Waals surface area (Å²) in [7, 11) is 1.98. The SMILES string of the molecule is Cn1cc(C=Nc2cccc([N+](=O)[O-])c2)c2ccccc21. The Bertz CT molecular complexity index is 850. The average Bonchev–Trinajstić information content (AvgIpc) is 2.82. The Hall–Kier alpha value is -2.95. The van der Waals surface area contributed by atoms with Crippen molar-refractivity contribution in [2.45, 2.75) is 0 Å². The van der Waals surface area contributed by atoms with Crippen LogP contribution in [0, 0.1) is 10.1 Å². The van der Waals surface area contributed by atoms with Gasteiger partial charge in [-0.1, -0.05) is 24.3 Å². The molecule has 0 atom stereocenters. The molecule has 0 bridgehead atoms. The Morgan fingerprint density at radius 3 is 2.81 bits per heavy atom. The Kier molecular flexibility index (Phi) is 3.23. The summed E-state index contributed by atoms with van der Waals surface area (Å²) in [6, 6.07) is 14.3. The van der Waals surface area contributed by atoms with Crippen LogP contribution in [0.15, 0.2) is 59.7 Å². The fraction of sp³-hybridized carbons (Fsp3) is 0.0625. The second-order valence-corrected chi connectivity index (χ2v) is 4.75. The zero-order valence-corrected chi connectivity index (χ0v) is 11.4. The number of aryl methyl sites for hydroxylation is 1. The fourth-order valence-electron chi connectivity index (χ4n) is 2.31. The maximum absolute atomic E-state index is 10.8. The number of para-hydroxylation sites is 1. The second kappa shape index (κ2) is 5.20. The Labute approximate surface area is 121 Å². The first-order chi connectivity index (χ1) is 10.1. The molecule has 0 amide bonds. The van der Waals surface area contributed by atoms with Crippen molar-refractivity contribution in [2.75, 3.05) is 0 Å². The number of hydrogen-bond donors (Lipinski definition) is 0. The van der Waals surface area contributed by atoms with Crippen molar-refractivity contribution in [3.8, 4) is 0 Å². The monoisotopic (exact) mass is 279 g/mol. The number of nitro benzene ring substituents is 1. The minimum absolute atomic E-state index is 0.0440. The normalized spacial score (nSPS) is 11.3. The van der Waals surface area contributed by atoms with Gasteiger partial charge < -0.3 is 4.57 Å². The summed E-state index contributed by atoms with van der Waals surface area (Å²) in [5.41, 5.74) is 2.72. The number of aliphatic imine (C=N–C) groups is 1. The molecule has 0 saturated carbocycles. The molecule has 5 heteroatoms. The number of hydrogen-bond acceptors (Lipinski definition) is 3. The van der Waals surface area contributed by atoms with Crippen molar-refractivity contribution < 1.29 is 4.92 Å². The van der Waals surface area contributed by atoms with Crippen molar-refractivity contribution in [1.82, 2.24) is 4.57 Å². The molecule has 0 radical (unpaired) electrons. The topological polar surface area (TPSA) is 60.4 Å². The smallest absolute Gasteiger partial charge is 0.271 e. The van der Waals surface area contributed by atoms with Crippen LogP contribution in [-0.4, -0.2) is 15.7 Å². The first-order valence-corrected chi connectivity index (χ1v) is 6.48. The summed E-state index contributed by atoms with van der Waals surface area (Å²) in [6.07, 6.45) is 3.73. The largest absolute Gasteiger partial charge is 0.350 e. The molecule has 0 aliphatic heterocycles. The van der Waals surface area contributed by atoms with Crippen LogP contribution >= 0.6 is 0 Å². The molecule has 0 N–H and O–H groups in total. The van der Waals surface area contributed by atoms with Gasteiger partial charge >= 0.3 is 0 Å². The van der Waals surface area contributed by atoms with Gasteiger partial charge in [-0.05, 0) is 12.1 Å². The van der Waals surface area contributed by atoms with Gasteiger partial charge in [0.15, 0.2) is 0 Å². The zero-order valence-electron chi connectivity index (χ0n) is 11.4. The molecule has 21 heavy (non-hydrogen) atoms. The lowest BCUT2D eigenvalue weighted by Crippen LogP contribution is -1.86. The van der Waals surface area contributed by atoms with Crippen LogP contribution in [0.3, 0.4) is 0 Å². The Balaban J connectivity index is 1.98. The van der Waals surface area contributed by atoms with E-state index in [4.69, 9.17) is 0 Å². The van der Waals surface area contributed by atoms with E-state index in [1.165, 1.54) is 12.1 Å². The van der Waals surface area contributed by atoms with E-state index in [2.05, 4.69) is 4.99 Å². The van der Waals surface area contributed by atoms with Crippen LogP contribution < -0.4 is 0 Å². The molecule has 3 aromatic rings. The molecule has 0 aliphatic carbocycles. The van der Waals surface area contributed by atoms with Gasteiger partial charge in [-0.15, -0.1) is 0 Å². The van der Waals surface area contributed by atoms with Gasteiger partial charge in [0.25, 0.3) is 5.69 Å². The molecule has 0 spiro atoms. The van der Waals surface area contributed by atoms with Crippen molar-refractivity contribution >= 4 is 28.5 Å². The standard InChI is InChI=1S/C16H13N3O2/c1-18-11-12(15-7-2-3-8-16(15)18)10-17-13-5-4-6-14(9-13)19(20)21/h2-11H,1H3. The molecular weight excluding hydrogens is 266 g/mol. The minimum atomic E-state index is -0.420. The quantitative estimate of drug-likeness (QED) is 0.415. The Morgan fingerprint density at radius 2 is 2.00 bits per heavy atom. The van der Waals surface area contributed by atoms with E-state index < -0.39 is 4.92 Å². The van der Waals surface area contributed by atoms with Gasteiger partial charge in [0.05, 0.1) is 10.6 Å². The molecule has 104 valence electrons. The van der Waals surface area contributed by atoms with E-state index in [1.54, 1.807) is 18.3 Å². The molecule has 1 heterocycles. The molecule has 0 saturated heterocycles. The maximum Gasteiger partial charge on any atom is 0.271 e. The predicted octanol–water partition coefficient (Wildman–Crippen LogP) is 3.84. The molecule has 3 rings (SSSR count). The van der Waals surface area contributed by atoms with Gasteiger partial charge in [-0.25, -0.2) is 0 Å². The summed E-state index contributed by atoms with van der Waals surface area (Å²) in [5, 5.41) is 11.9. The maximum atomic E-state index is 10.8. The predicted molar refractivity (Wildman–Crippen MR) is 83.3 cm³/mol. The lowest BCUT2D eigenvalue weighted by molar-refractivity contribution is -0.384. The van der Waals surface area contributed by atoms with Gasteiger partial charge in [0, 0.05) is 48.1 Å². The van der Waals surface area contributed by atoms with Gasteiger partial charge in [-0.2, -0.15) is 0 Å². The van der Waals surface area contributed by atoms with Gasteiger partial charge in [0.1, 0.15) is 0 Å². The molecule has 0 fully saturated rings. The molecule has 5 nitrogen and oxygen atoms in total. The number of benzene rings is 2. The first-order valence-electron chi connectivity index (χ1n) is 6.48. The first kappa shape index (κ1) is 13.1. The second-order valence-electron chi connectivity index (χ2n) is 4.75. The van der Waals surface area contributed by atoms with Gasteiger partial charge in [-0.3, -0.25) is 15.1 Å². The number of non-ortho nitro benzene ring substituents is 1. The van der Waals surface area contributed by atoms with E-state index in [9.17, 15) is 10.1 Å². The average molecular weight is 279 g/mol. The van der Waals surface area contributed by atoms with E-state index in [0.29, 0.717) is 5.69 Å². The van der Waals surface area contributed by atoms with E-state index in [0.717, 1.165) is 16.5 Å². The third-order valence-electron chi connectivity index (χ3n) is 3.32. The molecular formula is C16H13N3O2. The van der Waals surface area contributed by atoms with Crippen molar-refractivity contribution in [3.05, 3.63) is 70.4 Å². The summed E-state index contributed by atoms with van der Waals surface area (Å²) >= 11 is 0. The van der Waals surface area contributed by atoms with E-state index in [-0.39, 0.29) is 5.69 Å². The Morgan fingerprint density at radius 1 is 1.19 bits per heavy atom. The van der Waals surface area contributed by atoms with Crippen molar-refractivity contribution in [3.63, 3.8) is 0 Å². The summed E-state index contributed by atoms with van der Waals surface area (Å²) in [6.45, 7) is 0. The highest BCUT2D eigenvalue weighted by Gasteiger charge is 2.06. The van der Waals surface area contributed by atoms with Crippen LogP contribution in [0.4, 0.5) is 11.4 Å². The third kappa shape index (κ3) is 2.53. The van der Waals surface area contributed by atoms with Crippen molar-refractivity contribution in [2.24, 2.45) is 12.0 Å².